The molecule has 1 aromatic carbocycles. The molecule has 4 amide bonds. The molecule has 9 nitrogen and oxygen atoms in total. The second-order valence-electron chi connectivity index (χ2n) is 5.11. The first-order valence-corrected chi connectivity index (χ1v) is 6.83. The highest BCUT2D eigenvalue weighted by Crippen LogP contribution is 2.26. The Morgan fingerprint density at radius 3 is 2.67 bits per heavy atom. The molecule has 1 saturated heterocycles. The van der Waals surface area contributed by atoms with Gasteiger partial charge < -0.3 is 0 Å². The van der Waals surface area contributed by atoms with Crippen molar-refractivity contribution in [3.63, 3.8) is 0 Å². The molecule has 2 rings (SSSR count). The molecule has 1 atom stereocenters. The Balaban J connectivity index is 2.41. The molecule has 1 aromatic rings. The van der Waals surface area contributed by atoms with Crippen LogP contribution >= 0.6 is 0 Å². The number of amides is 4. The molecule has 1 fully saturated rings. The normalized spacial score (nSPS) is 17.2. The second-order valence-corrected chi connectivity index (χ2v) is 5.11. The monoisotopic (exact) mass is 337 g/mol. The van der Waals surface area contributed by atoms with Gasteiger partial charge in [-0.25, -0.2) is 0 Å². The fourth-order valence-electron chi connectivity index (χ4n) is 2.47. The van der Waals surface area contributed by atoms with Gasteiger partial charge in [-0.3, -0.25) is 39.5 Å². The first-order chi connectivity index (χ1) is 11.3. The molecule has 24 heavy (non-hydrogen) atoms. The lowest BCUT2D eigenvalue weighted by molar-refractivity contribution is -0.388. The molecule has 0 aliphatic carbocycles. The Hall–Kier alpha value is -3.17. The fraction of sp³-hybridized carbons (Fsp3) is 0.286. The average Bonchev–Trinajstić information content (AvgIpc) is 2.49. The minimum Gasteiger partial charge on any atom is -0.295 e. The van der Waals surface area contributed by atoms with E-state index in [4.69, 9.17) is 0 Å². The first kappa shape index (κ1) is 17.2. The van der Waals surface area contributed by atoms with Crippen LogP contribution in [0, 0.1) is 22.9 Å². The van der Waals surface area contributed by atoms with Gasteiger partial charge in [0.15, 0.2) is 0 Å². The number of benzene rings is 1. The summed E-state index contributed by atoms with van der Waals surface area (Å²) >= 11 is 0. The van der Waals surface area contributed by atoms with Crippen LogP contribution in [0.1, 0.15) is 28.8 Å². The van der Waals surface area contributed by atoms with E-state index < -0.39 is 40.2 Å². The first-order valence-electron chi connectivity index (χ1n) is 6.83. The molecule has 0 aromatic heterocycles. The molecule has 10 heteroatoms. The summed E-state index contributed by atoms with van der Waals surface area (Å²) in [5.74, 6) is -3.45. The van der Waals surface area contributed by atoms with Gasteiger partial charge in [0, 0.05) is 17.5 Å². The summed E-state index contributed by atoms with van der Waals surface area (Å²) < 4.78 is 13.5. The molecule has 0 radical (unpaired) electrons. The Labute approximate surface area is 134 Å². The Morgan fingerprint density at radius 2 is 2.12 bits per heavy atom. The van der Waals surface area contributed by atoms with Gasteiger partial charge in [0.05, 0.1) is 4.92 Å². The summed E-state index contributed by atoms with van der Waals surface area (Å²) in [5.41, 5.74) is -1.42. The lowest BCUT2D eigenvalue weighted by Gasteiger charge is -2.28. The predicted octanol–water partition coefficient (Wildman–Crippen LogP) is 0.446. The van der Waals surface area contributed by atoms with E-state index in [0.717, 1.165) is 12.1 Å². The Bertz CT molecular complexity index is 763. The van der Waals surface area contributed by atoms with Crippen LogP contribution in [-0.2, 0) is 14.4 Å². The van der Waals surface area contributed by atoms with Gasteiger partial charge in [-0.05, 0) is 25.5 Å². The van der Waals surface area contributed by atoms with Crippen LogP contribution in [0.15, 0.2) is 12.1 Å². The van der Waals surface area contributed by atoms with Crippen LogP contribution in [0.5, 0.6) is 0 Å². The number of carbonyl (C=O) groups is 4. The number of imide groups is 2. The van der Waals surface area contributed by atoms with Gasteiger partial charge in [0.25, 0.3) is 5.91 Å². The summed E-state index contributed by atoms with van der Waals surface area (Å²) in [6, 6.07) is 0.532. The fourth-order valence-corrected chi connectivity index (χ4v) is 2.47. The minimum absolute atomic E-state index is 0.0581. The summed E-state index contributed by atoms with van der Waals surface area (Å²) in [4.78, 5) is 57.2. The van der Waals surface area contributed by atoms with E-state index >= 15 is 0 Å². The number of nitrogens with one attached hydrogen (secondary N) is 1. The topological polar surface area (TPSA) is 127 Å². The molecular formula is C14H12FN3O6. The Morgan fingerprint density at radius 1 is 1.46 bits per heavy atom. The van der Waals surface area contributed by atoms with Crippen LogP contribution in [0.25, 0.3) is 0 Å². The van der Waals surface area contributed by atoms with E-state index in [-0.39, 0.29) is 30.4 Å². The second kappa shape index (κ2) is 6.52. The van der Waals surface area contributed by atoms with Gasteiger partial charge in [-0.15, -0.1) is 0 Å². The number of piperidine rings is 1. The molecule has 1 N–H and O–H groups in total. The van der Waals surface area contributed by atoms with Gasteiger partial charge in [-0.1, -0.05) is 0 Å². The van der Waals surface area contributed by atoms with Crippen LogP contribution in [0.3, 0.4) is 0 Å². The summed E-state index contributed by atoms with van der Waals surface area (Å²) in [7, 11) is 0. The van der Waals surface area contributed by atoms with Crippen LogP contribution < -0.4 is 5.32 Å². The van der Waals surface area contributed by atoms with E-state index in [1.54, 1.807) is 0 Å². The van der Waals surface area contributed by atoms with Gasteiger partial charge in [-0.2, -0.15) is 4.39 Å². The zero-order chi connectivity index (χ0) is 18.0. The number of nitro groups is 1. The van der Waals surface area contributed by atoms with Crippen molar-refractivity contribution in [1.82, 2.24) is 10.2 Å². The number of nitro benzene ring substituents is 1. The van der Waals surface area contributed by atoms with Crippen molar-refractivity contribution in [3.05, 3.63) is 39.2 Å². The Kier molecular flexibility index (Phi) is 4.67. The highest BCUT2D eigenvalue weighted by molar-refractivity contribution is 6.07. The SMILES string of the molecule is Cc1c(C(=O)N(C=O)C2CCC(=O)NC2=O)ccc(F)c1[N+](=O)[O-]. The van der Waals surface area contributed by atoms with E-state index in [1.807, 2.05) is 5.32 Å². The van der Waals surface area contributed by atoms with Crippen molar-refractivity contribution >= 4 is 29.8 Å². The molecular weight excluding hydrogens is 325 g/mol. The molecule has 1 unspecified atom stereocenters. The predicted molar refractivity (Wildman–Crippen MR) is 76.2 cm³/mol. The molecule has 126 valence electrons. The maximum atomic E-state index is 13.5. The third kappa shape index (κ3) is 2.98. The zero-order valence-electron chi connectivity index (χ0n) is 12.4. The highest BCUT2D eigenvalue weighted by Gasteiger charge is 2.36. The maximum Gasteiger partial charge on any atom is 0.308 e. The van der Waals surface area contributed by atoms with Crippen molar-refractivity contribution in [2.24, 2.45) is 0 Å². The molecule has 1 aliphatic heterocycles. The van der Waals surface area contributed by atoms with Crippen molar-refractivity contribution in [2.75, 3.05) is 0 Å². The highest BCUT2D eigenvalue weighted by atomic mass is 19.1. The number of nitrogens with zero attached hydrogens (tertiary/aromatic N) is 2. The lowest BCUT2D eigenvalue weighted by atomic mass is 10.0. The van der Waals surface area contributed by atoms with E-state index in [2.05, 4.69) is 0 Å². The molecule has 1 heterocycles. The quantitative estimate of drug-likeness (QED) is 0.368. The third-order valence-electron chi connectivity index (χ3n) is 3.69. The number of hydrogen-bond donors (Lipinski definition) is 1. The molecule has 0 spiro atoms. The smallest absolute Gasteiger partial charge is 0.295 e. The number of hydrogen-bond acceptors (Lipinski definition) is 6. The summed E-state index contributed by atoms with van der Waals surface area (Å²) in [6.07, 6.45) is -0.00887. The van der Waals surface area contributed by atoms with Gasteiger partial charge in [0.1, 0.15) is 6.04 Å². The van der Waals surface area contributed by atoms with Gasteiger partial charge >= 0.3 is 5.69 Å². The van der Waals surface area contributed by atoms with E-state index in [9.17, 15) is 33.7 Å². The number of rotatable bonds is 4. The minimum atomic E-state index is -1.21. The zero-order valence-corrected chi connectivity index (χ0v) is 12.4. The molecule has 1 aliphatic rings. The lowest BCUT2D eigenvalue weighted by Crippen LogP contribution is -2.53. The van der Waals surface area contributed by atoms with E-state index in [0.29, 0.717) is 4.90 Å². The van der Waals surface area contributed by atoms with Crippen molar-refractivity contribution in [1.29, 1.82) is 0 Å². The van der Waals surface area contributed by atoms with Crippen molar-refractivity contribution in [3.8, 4) is 0 Å². The largest absolute Gasteiger partial charge is 0.308 e. The third-order valence-corrected chi connectivity index (χ3v) is 3.69. The summed E-state index contributed by atoms with van der Waals surface area (Å²) in [6.45, 7) is 1.17. The number of carbonyl (C=O) groups excluding carboxylic acids is 4. The average molecular weight is 337 g/mol. The molecule has 0 saturated carbocycles. The number of halogens is 1. The van der Waals surface area contributed by atoms with Crippen molar-refractivity contribution in [2.45, 2.75) is 25.8 Å². The maximum absolute atomic E-state index is 13.5. The van der Waals surface area contributed by atoms with Crippen LogP contribution in [0.2, 0.25) is 0 Å². The molecule has 0 bridgehead atoms. The van der Waals surface area contributed by atoms with Gasteiger partial charge in [0.2, 0.25) is 24.0 Å². The van der Waals surface area contributed by atoms with Crippen LogP contribution in [-0.4, -0.2) is 40.0 Å². The summed E-state index contributed by atoms with van der Waals surface area (Å²) in [5, 5.41) is 12.9. The van der Waals surface area contributed by atoms with Crippen LogP contribution in [0.4, 0.5) is 10.1 Å². The van der Waals surface area contributed by atoms with Crippen molar-refractivity contribution < 1.29 is 28.5 Å². The van der Waals surface area contributed by atoms with E-state index in [1.165, 1.54) is 6.92 Å². The standard InChI is InChI=1S/C14H12FN3O6/c1-7-8(2-3-9(15)12(7)18(23)24)14(22)17(6-19)10-4-5-11(20)16-13(10)21/h2-3,6,10H,4-5H2,1H3,(H,16,20,21).